The van der Waals surface area contributed by atoms with Crippen LogP contribution < -0.4 is 10.2 Å². The highest BCUT2D eigenvalue weighted by Gasteiger charge is 2.17. The van der Waals surface area contributed by atoms with Crippen molar-refractivity contribution in [1.29, 1.82) is 0 Å². The van der Waals surface area contributed by atoms with Crippen molar-refractivity contribution in [2.75, 3.05) is 18.5 Å². The predicted molar refractivity (Wildman–Crippen MR) is 81.3 cm³/mol. The van der Waals surface area contributed by atoms with Crippen LogP contribution in [-0.4, -0.2) is 23.0 Å². The van der Waals surface area contributed by atoms with Gasteiger partial charge in [-0.05, 0) is 18.7 Å². The Hall–Kier alpha value is -1.79. The molecule has 0 spiro atoms. The molecule has 3 aromatic rings. The lowest BCUT2D eigenvalue weighted by molar-refractivity contribution is 0.506. The lowest BCUT2D eigenvalue weighted by atomic mass is 10.3. The summed E-state index contributed by atoms with van der Waals surface area (Å²) in [6, 6.07) is 3.90. The summed E-state index contributed by atoms with van der Waals surface area (Å²) < 4.78 is 7.57. The van der Waals surface area contributed by atoms with E-state index in [1.807, 2.05) is 19.2 Å². The summed E-state index contributed by atoms with van der Waals surface area (Å²) in [5.41, 5.74) is 1.19. The Morgan fingerprint density at radius 3 is 3.15 bits per heavy atom. The highest BCUT2D eigenvalue weighted by atomic mass is 32.1. The molecule has 3 heterocycles. The number of anilines is 1. The van der Waals surface area contributed by atoms with E-state index in [1.165, 1.54) is 5.69 Å². The first-order chi connectivity index (χ1) is 9.79. The molecule has 3 aromatic heterocycles. The molecule has 0 aliphatic heterocycles. The Morgan fingerprint density at radius 1 is 1.50 bits per heavy atom. The molecular weight excluding hydrogens is 272 g/mol. The van der Waals surface area contributed by atoms with Gasteiger partial charge in [-0.25, -0.2) is 4.98 Å². The Balaban J connectivity index is 1.90. The molecule has 106 valence electrons. The van der Waals surface area contributed by atoms with E-state index in [0.29, 0.717) is 0 Å². The van der Waals surface area contributed by atoms with E-state index in [1.54, 1.807) is 17.6 Å². The lowest BCUT2D eigenvalue weighted by Gasteiger charge is -2.17. The van der Waals surface area contributed by atoms with Crippen LogP contribution in [0.5, 0.6) is 0 Å². The second-order valence-electron chi connectivity index (χ2n) is 4.65. The number of imidazole rings is 1. The van der Waals surface area contributed by atoms with Crippen LogP contribution in [0.1, 0.15) is 18.4 Å². The van der Waals surface area contributed by atoms with Crippen LogP contribution >= 0.6 is 11.3 Å². The maximum atomic E-state index is 5.41. The molecule has 0 radical (unpaired) electrons. The molecule has 6 heteroatoms. The molecule has 0 aliphatic rings. The number of furan rings is 1. The number of hydrogen-bond acceptors (Lipinski definition) is 5. The van der Waals surface area contributed by atoms with Crippen LogP contribution in [0.25, 0.3) is 4.96 Å². The standard InChI is InChI=1S/C14H18N4OS/c1-3-15-9-12-13(16-14-18(12)6-8-20-14)17(2)10-11-5-4-7-19-11/h4-8,15H,3,9-10H2,1-2H3. The fourth-order valence-electron chi connectivity index (χ4n) is 2.25. The largest absolute Gasteiger partial charge is 0.467 e. The molecule has 0 saturated carbocycles. The smallest absolute Gasteiger partial charge is 0.195 e. The van der Waals surface area contributed by atoms with Crippen molar-refractivity contribution in [2.24, 2.45) is 0 Å². The molecule has 1 N–H and O–H groups in total. The van der Waals surface area contributed by atoms with Crippen LogP contribution in [0.15, 0.2) is 34.4 Å². The van der Waals surface area contributed by atoms with Gasteiger partial charge >= 0.3 is 0 Å². The molecule has 20 heavy (non-hydrogen) atoms. The van der Waals surface area contributed by atoms with Crippen LogP contribution in [0.2, 0.25) is 0 Å². The van der Waals surface area contributed by atoms with E-state index in [2.05, 4.69) is 33.1 Å². The van der Waals surface area contributed by atoms with Crippen LogP contribution in [0.3, 0.4) is 0 Å². The lowest BCUT2D eigenvalue weighted by Crippen LogP contribution is -2.21. The minimum Gasteiger partial charge on any atom is -0.467 e. The Morgan fingerprint density at radius 2 is 2.40 bits per heavy atom. The number of thiazole rings is 1. The summed E-state index contributed by atoms with van der Waals surface area (Å²) >= 11 is 1.66. The summed E-state index contributed by atoms with van der Waals surface area (Å²) in [6.07, 6.45) is 3.78. The molecule has 0 saturated heterocycles. The van der Waals surface area contributed by atoms with Crippen molar-refractivity contribution in [3.63, 3.8) is 0 Å². The van der Waals surface area contributed by atoms with Crippen LogP contribution in [0.4, 0.5) is 5.82 Å². The summed E-state index contributed by atoms with van der Waals surface area (Å²) in [4.78, 5) is 7.89. The number of aromatic nitrogens is 2. The van der Waals surface area contributed by atoms with E-state index >= 15 is 0 Å². The van der Waals surface area contributed by atoms with Gasteiger partial charge in [-0.15, -0.1) is 11.3 Å². The first-order valence-electron chi connectivity index (χ1n) is 6.68. The van der Waals surface area contributed by atoms with E-state index < -0.39 is 0 Å². The minimum atomic E-state index is 0.719. The maximum absolute atomic E-state index is 5.41. The zero-order chi connectivity index (χ0) is 13.9. The third-order valence-electron chi connectivity index (χ3n) is 3.22. The fourth-order valence-corrected chi connectivity index (χ4v) is 2.97. The van der Waals surface area contributed by atoms with Crippen molar-refractivity contribution in [2.45, 2.75) is 20.0 Å². The topological polar surface area (TPSA) is 45.7 Å². The number of fused-ring (bicyclic) bond motifs is 1. The Kier molecular flexibility index (Phi) is 3.75. The van der Waals surface area contributed by atoms with Gasteiger partial charge in [0, 0.05) is 25.2 Å². The molecule has 0 bridgehead atoms. The molecule has 0 aliphatic carbocycles. The summed E-state index contributed by atoms with van der Waals surface area (Å²) in [5.74, 6) is 1.95. The molecule has 0 unspecified atom stereocenters. The molecular formula is C14H18N4OS. The van der Waals surface area contributed by atoms with Gasteiger partial charge in [0.05, 0.1) is 18.5 Å². The zero-order valence-electron chi connectivity index (χ0n) is 11.7. The van der Waals surface area contributed by atoms with Gasteiger partial charge in [0.1, 0.15) is 5.76 Å². The maximum Gasteiger partial charge on any atom is 0.195 e. The number of nitrogens with zero attached hydrogens (tertiary/aromatic N) is 3. The molecule has 5 nitrogen and oxygen atoms in total. The van der Waals surface area contributed by atoms with Crippen molar-refractivity contribution >= 4 is 22.1 Å². The second-order valence-corrected chi connectivity index (χ2v) is 5.53. The highest BCUT2D eigenvalue weighted by molar-refractivity contribution is 7.15. The van der Waals surface area contributed by atoms with Gasteiger partial charge in [0.15, 0.2) is 10.8 Å². The second kappa shape index (κ2) is 5.68. The Bertz CT molecular complexity index is 671. The van der Waals surface area contributed by atoms with Crippen molar-refractivity contribution < 1.29 is 4.42 Å². The SMILES string of the molecule is CCNCc1c(N(C)Cc2ccco2)nc2sccn12. The van der Waals surface area contributed by atoms with Gasteiger partial charge in [-0.3, -0.25) is 4.40 Å². The average Bonchev–Trinajstić information content (AvgIpc) is 3.12. The monoisotopic (exact) mass is 290 g/mol. The van der Waals surface area contributed by atoms with E-state index in [4.69, 9.17) is 9.40 Å². The van der Waals surface area contributed by atoms with Crippen LogP contribution in [0, 0.1) is 0 Å². The minimum absolute atomic E-state index is 0.719. The summed E-state index contributed by atoms with van der Waals surface area (Å²) in [5, 5.41) is 5.44. The Labute approximate surface area is 121 Å². The predicted octanol–water partition coefficient (Wildman–Crippen LogP) is 2.73. The zero-order valence-corrected chi connectivity index (χ0v) is 12.5. The van der Waals surface area contributed by atoms with Gasteiger partial charge in [-0.1, -0.05) is 6.92 Å². The summed E-state index contributed by atoms with van der Waals surface area (Å²) in [6.45, 7) is 4.58. The first kappa shape index (κ1) is 13.2. The molecule has 0 aromatic carbocycles. The number of nitrogens with one attached hydrogen (secondary N) is 1. The van der Waals surface area contributed by atoms with Crippen molar-refractivity contribution in [3.05, 3.63) is 41.4 Å². The third kappa shape index (κ3) is 2.44. The van der Waals surface area contributed by atoms with E-state index in [9.17, 15) is 0 Å². The normalized spacial score (nSPS) is 11.3. The third-order valence-corrected chi connectivity index (χ3v) is 3.97. The number of rotatable bonds is 6. The number of hydrogen-bond donors (Lipinski definition) is 1. The fraction of sp³-hybridized carbons (Fsp3) is 0.357. The van der Waals surface area contributed by atoms with E-state index in [0.717, 1.165) is 36.2 Å². The first-order valence-corrected chi connectivity index (χ1v) is 7.56. The van der Waals surface area contributed by atoms with Crippen molar-refractivity contribution in [1.82, 2.24) is 14.7 Å². The molecule has 0 atom stereocenters. The summed E-state index contributed by atoms with van der Waals surface area (Å²) in [7, 11) is 2.05. The van der Waals surface area contributed by atoms with Gasteiger partial charge in [0.2, 0.25) is 0 Å². The average molecular weight is 290 g/mol. The van der Waals surface area contributed by atoms with Crippen LogP contribution in [-0.2, 0) is 13.1 Å². The van der Waals surface area contributed by atoms with E-state index in [-0.39, 0.29) is 0 Å². The molecule has 0 amide bonds. The molecule has 0 fully saturated rings. The van der Waals surface area contributed by atoms with Gasteiger partial charge in [0.25, 0.3) is 0 Å². The quantitative estimate of drug-likeness (QED) is 0.758. The highest BCUT2D eigenvalue weighted by Crippen LogP contribution is 2.25. The van der Waals surface area contributed by atoms with Gasteiger partial charge in [-0.2, -0.15) is 0 Å². The van der Waals surface area contributed by atoms with Gasteiger partial charge < -0.3 is 14.6 Å². The molecule has 3 rings (SSSR count). The van der Waals surface area contributed by atoms with Crippen molar-refractivity contribution in [3.8, 4) is 0 Å².